The molecule has 1 aromatic rings. The molecule has 2 heteroatoms. The van der Waals surface area contributed by atoms with Gasteiger partial charge in [-0.15, -0.1) is 0 Å². The van der Waals surface area contributed by atoms with Crippen LogP contribution < -0.4 is 0 Å². The van der Waals surface area contributed by atoms with E-state index in [2.05, 4.69) is 0 Å². The minimum atomic E-state index is 0.286. The van der Waals surface area contributed by atoms with Gasteiger partial charge in [0.05, 0.1) is 0 Å². The van der Waals surface area contributed by atoms with Crippen molar-refractivity contribution in [3.63, 3.8) is 0 Å². The number of aryl methyl sites for hydroxylation is 1. The van der Waals surface area contributed by atoms with Gasteiger partial charge in [-0.3, -0.25) is 0 Å². The first-order chi connectivity index (χ1) is 6.15. The van der Waals surface area contributed by atoms with Gasteiger partial charge in [0.25, 0.3) is 0 Å². The highest BCUT2D eigenvalue weighted by Gasteiger charge is 2.02. The van der Waals surface area contributed by atoms with Crippen LogP contribution in [0.4, 0.5) is 0 Å². The summed E-state index contributed by atoms with van der Waals surface area (Å²) in [6, 6.07) is 3.64. The van der Waals surface area contributed by atoms with Crippen LogP contribution in [-0.2, 0) is 6.42 Å². The van der Waals surface area contributed by atoms with E-state index in [1.807, 2.05) is 26.8 Å². The molecule has 0 bridgehead atoms. The van der Waals surface area contributed by atoms with Crippen LogP contribution in [0.15, 0.2) is 12.1 Å². The van der Waals surface area contributed by atoms with Crippen molar-refractivity contribution in [1.29, 1.82) is 0 Å². The number of hydrogen-bond acceptors (Lipinski definition) is 1. The topological polar surface area (TPSA) is 20.2 Å². The Hall–Kier alpha value is -0.690. The number of hydrogen-bond donors (Lipinski definition) is 1. The fourth-order valence-electron chi connectivity index (χ4n) is 0.923. The third-order valence-corrected chi connectivity index (χ3v) is 2.18. The van der Waals surface area contributed by atoms with E-state index in [9.17, 15) is 5.11 Å². The van der Waals surface area contributed by atoms with Crippen LogP contribution in [0.3, 0.4) is 0 Å². The maximum Gasteiger partial charge on any atom is 0.120 e. The molecule has 0 fully saturated rings. The molecule has 0 spiro atoms. The van der Waals surface area contributed by atoms with Crippen molar-refractivity contribution in [2.45, 2.75) is 34.1 Å². The maximum atomic E-state index is 9.33. The van der Waals surface area contributed by atoms with Crippen molar-refractivity contribution < 1.29 is 5.11 Å². The van der Waals surface area contributed by atoms with Gasteiger partial charge in [0.2, 0.25) is 0 Å². The lowest BCUT2D eigenvalue weighted by Gasteiger charge is -2.03. The SMILES string of the molecule is CC.CCc1cc(O)c(C)c(Cl)c1. The predicted molar refractivity (Wildman–Crippen MR) is 58.6 cm³/mol. The van der Waals surface area contributed by atoms with Gasteiger partial charge >= 0.3 is 0 Å². The number of aromatic hydroxyl groups is 1. The standard InChI is InChI=1S/C9H11ClO.C2H6/c1-3-7-4-8(10)6(2)9(11)5-7;1-2/h4-5,11H,3H2,1-2H3;1-2H3. The third-order valence-electron chi connectivity index (χ3n) is 1.78. The van der Waals surface area contributed by atoms with Gasteiger partial charge in [-0.2, -0.15) is 0 Å². The van der Waals surface area contributed by atoms with Crippen molar-refractivity contribution in [1.82, 2.24) is 0 Å². The number of phenols is 1. The number of phenolic OH excluding ortho intramolecular Hbond substituents is 1. The number of benzene rings is 1. The molecule has 1 aromatic carbocycles. The molecule has 0 unspecified atom stereocenters. The highest BCUT2D eigenvalue weighted by molar-refractivity contribution is 6.31. The van der Waals surface area contributed by atoms with Crippen LogP contribution >= 0.6 is 11.6 Å². The predicted octanol–water partition coefficient (Wildman–Crippen LogP) is 3.94. The fourth-order valence-corrected chi connectivity index (χ4v) is 1.16. The monoisotopic (exact) mass is 200 g/mol. The second-order valence-corrected chi connectivity index (χ2v) is 2.98. The molecule has 1 rings (SSSR count). The molecule has 1 N–H and O–H groups in total. The molecule has 0 aromatic heterocycles. The summed E-state index contributed by atoms with van der Waals surface area (Å²) in [7, 11) is 0. The van der Waals surface area contributed by atoms with Crippen LogP contribution in [0.5, 0.6) is 5.75 Å². The second-order valence-electron chi connectivity index (χ2n) is 2.58. The molecule has 0 saturated heterocycles. The first-order valence-corrected chi connectivity index (χ1v) is 5.01. The molecule has 0 amide bonds. The van der Waals surface area contributed by atoms with Crippen LogP contribution in [0, 0.1) is 6.92 Å². The molecule has 0 aliphatic heterocycles. The molecule has 0 heterocycles. The molecule has 0 radical (unpaired) electrons. The maximum absolute atomic E-state index is 9.33. The van der Waals surface area contributed by atoms with Crippen LogP contribution in [0.25, 0.3) is 0 Å². The summed E-state index contributed by atoms with van der Waals surface area (Å²) in [5.74, 6) is 0.286. The Morgan fingerprint density at radius 2 is 1.85 bits per heavy atom. The molecule has 0 aliphatic rings. The van der Waals surface area contributed by atoms with Gasteiger partial charge in [0.1, 0.15) is 5.75 Å². The smallest absolute Gasteiger partial charge is 0.120 e. The van der Waals surface area contributed by atoms with Gasteiger partial charge < -0.3 is 5.11 Å². The highest BCUT2D eigenvalue weighted by Crippen LogP contribution is 2.26. The number of halogens is 1. The van der Waals surface area contributed by atoms with E-state index in [0.29, 0.717) is 5.02 Å². The molecule has 74 valence electrons. The summed E-state index contributed by atoms with van der Waals surface area (Å²) in [6.07, 6.45) is 0.896. The lowest BCUT2D eigenvalue weighted by Crippen LogP contribution is -1.83. The van der Waals surface area contributed by atoms with Gasteiger partial charge in [-0.25, -0.2) is 0 Å². The third kappa shape index (κ3) is 3.27. The van der Waals surface area contributed by atoms with Gasteiger partial charge in [-0.05, 0) is 31.0 Å². The summed E-state index contributed by atoms with van der Waals surface area (Å²) in [6.45, 7) is 7.83. The zero-order valence-corrected chi connectivity index (χ0v) is 9.44. The minimum absolute atomic E-state index is 0.286. The van der Waals surface area contributed by atoms with Crippen molar-refractivity contribution in [3.05, 3.63) is 28.3 Å². The van der Waals surface area contributed by atoms with E-state index in [0.717, 1.165) is 17.5 Å². The van der Waals surface area contributed by atoms with E-state index >= 15 is 0 Å². The molecule has 0 saturated carbocycles. The Bertz CT molecular complexity index is 246. The summed E-state index contributed by atoms with van der Waals surface area (Å²) in [4.78, 5) is 0. The Balaban J connectivity index is 0.000000671. The van der Waals surface area contributed by atoms with Crippen LogP contribution in [0.1, 0.15) is 31.9 Å². The Kier molecular flexibility index (Phi) is 5.56. The van der Waals surface area contributed by atoms with Crippen LogP contribution in [-0.4, -0.2) is 5.11 Å². The second kappa shape index (κ2) is 5.87. The van der Waals surface area contributed by atoms with E-state index in [-0.39, 0.29) is 5.75 Å². The van der Waals surface area contributed by atoms with Crippen molar-refractivity contribution in [3.8, 4) is 5.75 Å². The summed E-state index contributed by atoms with van der Waals surface area (Å²) >= 11 is 5.84. The molecule has 0 aliphatic carbocycles. The summed E-state index contributed by atoms with van der Waals surface area (Å²) in [5, 5.41) is 9.97. The lowest BCUT2D eigenvalue weighted by molar-refractivity contribution is 0.470. The van der Waals surface area contributed by atoms with Crippen molar-refractivity contribution in [2.75, 3.05) is 0 Å². The average molecular weight is 201 g/mol. The molecule has 0 atom stereocenters. The quantitative estimate of drug-likeness (QED) is 0.728. The fraction of sp³-hybridized carbons (Fsp3) is 0.455. The van der Waals surface area contributed by atoms with E-state index in [1.54, 1.807) is 13.0 Å². The van der Waals surface area contributed by atoms with Gasteiger partial charge in [-0.1, -0.05) is 32.4 Å². The highest BCUT2D eigenvalue weighted by atomic mass is 35.5. The lowest BCUT2D eigenvalue weighted by atomic mass is 10.1. The van der Waals surface area contributed by atoms with E-state index in [4.69, 9.17) is 11.6 Å². The zero-order valence-electron chi connectivity index (χ0n) is 8.69. The van der Waals surface area contributed by atoms with Gasteiger partial charge in [0, 0.05) is 10.6 Å². The largest absolute Gasteiger partial charge is 0.508 e. The van der Waals surface area contributed by atoms with E-state index in [1.165, 1.54) is 0 Å². The zero-order chi connectivity index (χ0) is 10.4. The normalized spacial score (nSPS) is 9.00. The Morgan fingerprint density at radius 1 is 1.31 bits per heavy atom. The first kappa shape index (κ1) is 12.3. The van der Waals surface area contributed by atoms with Crippen molar-refractivity contribution in [2.24, 2.45) is 0 Å². The Labute approximate surface area is 85.4 Å². The number of rotatable bonds is 1. The summed E-state index contributed by atoms with van der Waals surface area (Å²) < 4.78 is 0. The Morgan fingerprint density at radius 3 is 2.23 bits per heavy atom. The average Bonchev–Trinajstić information content (AvgIpc) is 2.16. The van der Waals surface area contributed by atoms with Gasteiger partial charge in [0.15, 0.2) is 0 Å². The summed E-state index contributed by atoms with van der Waals surface area (Å²) in [5.41, 5.74) is 1.82. The molecular formula is C11H17ClO. The molecular weight excluding hydrogens is 184 g/mol. The molecule has 13 heavy (non-hydrogen) atoms. The van der Waals surface area contributed by atoms with Crippen molar-refractivity contribution >= 4 is 11.6 Å². The van der Waals surface area contributed by atoms with E-state index < -0.39 is 0 Å². The minimum Gasteiger partial charge on any atom is -0.508 e. The first-order valence-electron chi connectivity index (χ1n) is 4.63. The molecule has 1 nitrogen and oxygen atoms in total. The van der Waals surface area contributed by atoms with Crippen LogP contribution in [0.2, 0.25) is 5.02 Å².